The van der Waals surface area contributed by atoms with E-state index in [-0.39, 0.29) is 18.4 Å². The minimum Gasteiger partial charge on any atom is -0.383 e. The summed E-state index contributed by atoms with van der Waals surface area (Å²) in [7, 11) is 1.56. The van der Waals surface area contributed by atoms with Crippen LogP contribution in [0, 0.1) is 0 Å². The van der Waals surface area contributed by atoms with E-state index in [0.717, 1.165) is 11.1 Å². The van der Waals surface area contributed by atoms with Gasteiger partial charge in [0.25, 0.3) is 5.91 Å². The van der Waals surface area contributed by atoms with Crippen LogP contribution in [0.2, 0.25) is 0 Å². The van der Waals surface area contributed by atoms with E-state index in [0.29, 0.717) is 18.7 Å². The van der Waals surface area contributed by atoms with E-state index in [1.807, 2.05) is 42.5 Å². The summed E-state index contributed by atoms with van der Waals surface area (Å²) in [5, 5.41) is 5.30. The van der Waals surface area contributed by atoms with Gasteiger partial charge >= 0.3 is 0 Å². The number of ether oxygens (including phenoxy) is 1. The van der Waals surface area contributed by atoms with Gasteiger partial charge in [-0.15, -0.1) is 0 Å². The SMILES string of the molecule is COCCNC(=O)CNC(=O)c1ccccc1-c1ccccc1. The zero-order chi connectivity index (χ0) is 16.5. The van der Waals surface area contributed by atoms with Crippen LogP contribution in [-0.2, 0) is 9.53 Å². The van der Waals surface area contributed by atoms with Crippen molar-refractivity contribution in [1.82, 2.24) is 10.6 Å². The summed E-state index contributed by atoms with van der Waals surface area (Å²) in [6.07, 6.45) is 0. The van der Waals surface area contributed by atoms with Gasteiger partial charge in [-0.1, -0.05) is 48.5 Å². The van der Waals surface area contributed by atoms with Gasteiger partial charge in [-0.3, -0.25) is 9.59 Å². The quantitative estimate of drug-likeness (QED) is 0.767. The van der Waals surface area contributed by atoms with Crippen molar-refractivity contribution >= 4 is 11.8 Å². The highest BCUT2D eigenvalue weighted by Crippen LogP contribution is 2.23. The Morgan fingerprint density at radius 1 is 0.957 bits per heavy atom. The van der Waals surface area contributed by atoms with E-state index in [4.69, 9.17) is 4.74 Å². The van der Waals surface area contributed by atoms with Crippen molar-refractivity contribution in [2.75, 3.05) is 26.8 Å². The predicted molar refractivity (Wildman–Crippen MR) is 89.1 cm³/mol. The molecular formula is C18H20N2O3. The van der Waals surface area contributed by atoms with Crippen LogP contribution in [-0.4, -0.2) is 38.6 Å². The minimum atomic E-state index is -0.272. The molecule has 0 aliphatic rings. The van der Waals surface area contributed by atoms with Gasteiger partial charge in [-0.05, 0) is 17.2 Å². The maximum absolute atomic E-state index is 12.4. The number of nitrogens with one attached hydrogen (secondary N) is 2. The van der Waals surface area contributed by atoms with Gasteiger partial charge in [0.15, 0.2) is 0 Å². The number of rotatable bonds is 7. The zero-order valence-electron chi connectivity index (χ0n) is 13.0. The monoisotopic (exact) mass is 312 g/mol. The van der Waals surface area contributed by atoms with Crippen LogP contribution in [0.25, 0.3) is 11.1 Å². The number of carbonyl (C=O) groups excluding carboxylic acids is 2. The maximum atomic E-state index is 12.4. The molecule has 23 heavy (non-hydrogen) atoms. The third kappa shape index (κ3) is 4.93. The summed E-state index contributed by atoms with van der Waals surface area (Å²) in [5.74, 6) is -0.515. The highest BCUT2D eigenvalue weighted by molar-refractivity contribution is 6.02. The molecule has 2 aromatic carbocycles. The third-order valence-electron chi connectivity index (χ3n) is 3.29. The first-order valence-electron chi connectivity index (χ1n) is 7.40. The van der Waals surface area contributed by atoms with E-state index < -0.39 is 0 Å². The van der Waals surface area contributed by atoms with E-state index >= 15 is 0 Å². The first-order chi connectivity index (χ1) is 11.2. The number of methoxy groups -OCH3 is 1. The molecule has 0 unspecified atom stereocenters. The molecule has 0 fully saturated rings. The normalized spacial score (nSPS) is 10.1. The fourth-order valence-electron chi connectivity index (χ4n) is 2.16. The summed E-state index contributed by atoms with van der Waals surface area (Å²) in [6.45, 7) is 0.800. The van der Waals surface area contributed by atoms with Crippen molar-refractivity contribution in [2.45, 2.75) is 0 Å². The lowest BCUT2D eigenvalue weighted by molar-refractivity contribution is -0.120. The average Bonchev–Trinajstić information content (AvgIpc) is 2.60. The van der Waals surface area contributed by atoms with E-state index in [1.54, 1.807) is 19.2 Å². The average molecular weight is 312 g/mol. The second kappa shape index (κ2) is 8.70. The van der Waals surface area contributed by atoms with Gasteiger partial charge in [0, 0.05) is 19.2 Å². The molecule has 0 aromatic heterocycles. The van der Waals surface area contributed by atoms with Crippen molar-refractivity contribution in [3.63, 3.8) is 0 Å². The van der Waals surface area contributed by atoms with Gasteiger partial charge in [-0.2, -0.15) is 0 Å². The van der Waals surface area contributed by atoms with Crippen molar-refractivity contribution < 1.29 is 14.3 Å². The molecule has 5 nitrogen and oxygen atoms in total. The molecule has 2 amide bonds. The largest absolute Gasteiger partial charge is 0.383 e. The fourth-order valence-corrected chi connectivity index (χ4v) is 2.16. The zero-order valence-corrected chi connectivity index (χ0v) is 13.0. The van der Waals surface area contributed by atoms with Gasteiger partial charge < -0.3 is 15.4 Å². The Hall–Kier alpha value is -2.66. The van der Waals surface area contributed by atoms with Crippen molar-refractivity contribution in [3.8, 4) is 11.1 Å². The molecule has 2 rings (SSSR count). The molecular weight excluding hydrogens is 292 g/mol. The highest BCUT2D eigenvalue weighted by Gasteiger charge is 2.13. The highest BCUT2D eigenvalue weighted by atomic mass is 16.5. The lowest BCUT2D eigenvalue weighted by Gasteiger charge is -2.10. The van der Waals surface area contributed by atoms with Crippen LogP contribution in [0.15, 0.2) is 54.6 Å². The van der Waals surface area contributed by atoms with Crippen molar-refractivity contribution in [3.05, 3.63) is 60.2 Å². The number of hydrogen-bond acceptors (Lipinski definition) is 3. The van der Waals surface area contributed by atoms with Gasteiger partial charge in [0.2, 0.25) is 5.91 Å². The number of carbonyl (C=O) groups is 2. The Labute approximate surface area is 135 Å². The third-order valence-corrected chi connectivity index (χ3v) is 3.29. The Kier molecular flexibility index (Phi) is 6.32. The van der Waals surface area contributed by atoms with Gasteiger partial charge in [0.1, 0.15) is 0 Å². The molecule has 5 heteroatoms. The van der Waals surface area contributed by atoms with Crippen LogP contribution >= 0.6 is 0 Å². The maximum Gasteiger partial charge on any atom is 0.252 e. The molecule has 120 valence electrons. The molecule has 0 atom stereocenters. The Balaban J connectivity index is 2.02. The molecule has 0 spiro atoms. The van der Waals surface area contributed by atoms with Crippen LogP contribution in [0.5, 0.6) is 0 Å². The first-order valence-corrected chi connectivity index (χ1v) is 7.40. The lowest BCUT2D eigenvalue weighted by atomic mass is 9.99. The second-order valence-corrected chi connectivity index (χ2v) is 4.94. The predicted octanol–water partition coefficient (Wildman–Crippen LogP) is 1.85. The second-order valence-electron chi connectivity index (χ2n) is 4.94. The minimum absolute atomic E-state index is 0.0638. The Morgan fingerprint density at radius 3 is 2.39 bits per heavy atom. The summed E-state index contributed by atoms with van der Waals surface area (Å²) in [4.78, 5) is 24.0. The number of hydrogen-bond donors (Lipinski definition) is 2. The molecule has 0 saturated heterocycles. The standard InChI is InChI=1S/C18H20N2O3/c1-23-12-11-19-17(21)13-20-18(22)16-10-6-5-9-15(16)14-7-3-2-4-8-14/h2-10H,11-13H2,1H3,(H,19,21)(H,20,22). The lowest BCUT2D eigenvalue weighted by Crippen LogP contribution is -2.38. The molecule has 0 aliphatic carbocycles. The molecule has 0 bridgehead atoms. The molecule has 2 aromatic rings. The smallest absolute Gasteiger partial charge is 0.252 e. The first kappa shape index (κ1) is 16.7. The van der Waals surface area contributed by atoms with Gasteiger partial charge in [-0.25, -0.2) is 0 Å². The molecule has 0 saturated carbocycles. The van der Waals surface area contributed by atoms with Crippen LogP contribution in [0.3, 0.4) is 0 Å². The molecule has 2 N–H and O–H groups in total. The van der Waals surface area contributed by atoms with E-state index in [9.17, 15) is 9.59 Å². The topological polar surface area (TPSA) is 67.4 Å². The Morgan fingerprint density at radius 2 is 1.65 bits per heavy atom. The summed E-state index contributed by atoms with van der Waals surface area (Å²) < 4.78 is 4.85. The number of amides is 2. The number of benzene rings is 2. The van der Waals surface area contributed by atoms with Crippen LogP contribution in [0.1, 0.15) is 10.4 Å². The van der Waals surface area contributed by atoms with Gasteiger partial charge in [0.05, 0.1) is 13.2 Å². The van der Waals surface area contributed by atoms with Crippen molar-refractivity contribution in [2.24, 2.45) is 0 Å². The summed E-state index contributed by atoms with van der Waals surface area (Å²) in [5.41, 5.74) is 2.34. The van der Waals surface area contributed by atoms with Crippen molar-refractivity contribution in [1.29, 1.82) is 0 Å². The fraction of sp³-hybridized carbons (Fsp3) is 0.222. The molecule has 0 aliphatic heterocycles. The van der Waals surface area contributed by atoms with E-state index in [2.05, 4.69) is 10.6 Å². The Bertz CT molecular complexity index is 656. The van der Waals surface area contributed by atoms with Crippen LogP contribution in [0.4, 0.5) is 0 Å². The summed E-state index contributed by atoms with van der Waals surface area (Å²) in [6, 6.07) is 17.0. The molecule has 0 heterocycles. The van der Waals surface area contributed by atoms with Crippen LogP contribution < -0.4 is 10.6 Å². The summed E-state index contributed by atoms with van der Waals surface area (Å²) >= 11 is 0. The van der Waals surface area contributed by atoms with E-state index in [1.165, 1.54) is 0 Å². The molecule has 0 radical (unpaired) electrons.